The van der Waals surface area contributed by atoms with E-state index in [4.69, 9.17) is 11.6 Å². The monoisotopic (exact) mass is 367 g/mol. The van der Waals surface area contributed by atoms with E-state index in [9.17, 15) is 17.6 Å². The van der Waals surface area contributed by atoms with Crippen molar-refractivity contribution < 1.29 is 17.6 Å². The van der Waals surface area contributed by atoms with Gasteiger partial charge in [0.1, 0.15) is 5.69 Å². The SMILES string of the molecule is Fc1cc(F)c(F)c(NCc2ccc(Br)c(Cl)c2)c1F. The Labute approximate surface area is 125 Å². The van der Waals surface area contributed by atoms with Crippen LogP contribution in [0.2, 0.25) is 5.02 Å². The van der Waals surface area contributed by atoms with E-state index in [2.05, 4.69) is 21.2 Å². The molecule has 0 aliphatic heterocycles. The van der Waals surface area contributed by atoms with Crippen molar-refractivity contribution in [3.63, 3.8) is 0 Å². The first kappa shape index (κ1) is 15.1. The van der Waals surface area contributed by atoms with Crippen LogP contribution >= 0.6 is 27.5 Å². The summed E-state index contributed by atoms with van der Waals surface area (Å²) in [5.41, 5.74) is -0.247. The van der Waals surface area contributed by atoms with Gasteiger partial charge in [-0.05, 0) is 33.6 Å². The molecule has 0 amide bonds. The van der Waals surface area contributed by atoms with Crippen molar-refractivity contribution in [1.29, 1.82) is 0 Å². The number of halogens is 6. The minimum Gasteiger partial charge on any atom is -0.376 e. The highest BCUT2D eigenvalue weighted by atomic mass is 79.9. The fourth-order valence-corrected chi connectivity index (χ4v) is 2.02. The molecular formula is C13H7BrClF4N. The maximum atomic E-state index is 13.4. The van der Waals surface area contributed by atoms with Gasteiger partial charge >= 0.3 is 0 Å². The number of benzene rings is 2. The third-order valence-corrected chi connectivity index (χ3v) is 3.80. The maximum absolute atomic E-state index is 13.4. The lowest BCUT2D eigenvalue weighted by atomic mass is 10.2. The van der Waals surface area contributed by atoms with Crippen LogP contribution in [0.4, 0.5) is 23.2 Å². The van der Waals surface area contributed by atoms with Gasteiger partial charge in [-0.3, -0.25) is 0 Å². The molecule has 0 aliphatic carbocycles. The number of nitrogens with one attached hydrogen (secondary N) is 1. The Morgan fingerprint density at radius 2 is 1.60 bits per heavy atom. The molecule has 0 saturated heterocycles. The molecule has 1 N–H and O–H groups in total. The van der Waals surface area contributed by atoms with E-state index in [1.54, 1.807) is 18.2 Å². The van der Waals surface area contributed by atoms with Gasteiger partial charge in [0.05, 0.1) is 5.02 Å². The van der Waals surface area contributed by atoms with Crippen molar-refractivity contribution in [2.24, 2.45) is 0 Å². The molecule has 0 fully saturated rings. The van der Waals surface area contributed by atoms with E-state index in [-0.39, 0.29) is 12.6 Å². The molecule has 0 unspecified atom stereocenters. The van der Waals surface area contributed by atoms with Gasteiger partial charge in [-0.1, -0.05) is 17.7 Å². The lowest BCUT2D eigenvalue weighted by Gasteiger charge is -2.10. The lowest BCUT2D eigenvalue weighted by molar-refractivity contribution is 0.458. The van der Waals surface area contributed by atoms with Crippen molar-refractivity contribution in [1.82, 2.24) is 0 Å². The van der Waals surface area contributed by atoms with Gasteiger partial charge in [0.25, 0.3) is 0 Å². The molecule has 0 aliphatic rings. The third-order valence-electron chi connectivity index (χ3n) is 2.57. The van der Waals surface area contributed by atoms with Crippen molar-refractivity contribution in [3.05, 3.63) is 62.6 Å². The summed E-state index contributed by atoms with van der Waals surface area (Å²) in [7, 11) is 0. The van der Waals surface area contributed by atoms with E-state index in [0.29, 0.717) is 15.1 Å². The first-order valence-corrected chi connectivity index (χ1v) is 6.58. The lowest BCUT2D eigenvalue weighted by Crippen LogP contribution is -2.07. The van der Waals surface area contributed by atoms with E-state index in [1.807, 2.05) is 0 Å². The molecule has 0 heterocycles. The average Bonchev–Trinajstić information content (AvgIpc) is 2.40. The van der Waals surface area contributed by atoms with E-state index < -0.39 is 29.0 Å². The Kier molecular flexibility index (Phi) is 4.55. The largest absolute Gasteiger partial charge is 0.376 e. The second kappa shape index (κ2) is 6.01. The zero-order valence-corrected chi connectivity index (χ0v) is 12.1. The first-order valence-electron chi connectivity index (χ1n) is 5.41. The maximum Gasteiger partial charge on any atom is 0.185 e. The highest BCUT2D eigenvalue weighted by molar-refractivity contribution is 9.10. The molecule has 106 valence electrons. The van der Waals surface area contributed by atoms with Crippen LogP contribution in [-0.2, 0) is 6.54 Å². The van der Waals surface area contributed by atoms with Gasteiger partial charge in [0.2, 0.25) is 0 Å². The fraction of sp³-hybridized carbons (Fsp3) is 0.0769. The Morgan fingerprint density at radius 1 is 1.00 bits per heavy atom. The molecule has 0 bridgehead atoms. The van der Waals surface area contributed by atoms with Gasteiger partial charge in [-0.25, -0.2) is 17.6 Å². The zero-order chi connectivity index (χ0) is 14.9. The summed E-state index contributed by atoms with van der Waals surface area (Å²) in [5, 5.41) is 2.73. The second-order valence-corrected chi connectivity index (χ2v) is 5.21. The minimum absolute atomic E-state index is 0.0380. The van der Waals surface area contributed by atoms with Crippen molar-refractivity contribution in [3.8, 4) is 0 Å². The summed E-state index contributed by atoms with van der Waals surface area (Å²) < 4.78 is 53.5. The number of anilines is 1. The Balaban J connectivity index is 2.25. The van der Waals surface area contributed by atoms with Gasteiger partial charge in [-0.15, -0.1) is 0 Å². The third kappa shape index (κ3) is 3.07. The summed E-state index contributed by atoms with van der Waals surface area (Å²) in [6.07, 6.45) is 0. The summed E-state index contributed by atoms with van der Waals surface area (Å²) in [5.74, 6) is -5.85. The van der Waals surface area contributed by atoms with Crippen LogP contribution in [-0.4, -0.2) is 0 Å². The highest BCUT2D eigenvalue weighted by Gasteiger charge is 2.18. The van der Waals surface area contributed by atoms with Gasteiger partial charge in [0, 0.05) is 17.1 Å². The van der Waals surface area contributed by atoms with Crippen molar-refractivity contribution in [2.45, 2.75) is 6.54 Å². The summed E-state index contributed by atoms with van der Waals surface area (Å²) in [6.45, 7) is -0.0380. The Morgan fingerprint density at radius 3 is 2.15 bits per heavy atom. The molecular weight excluding hydrogens is 361 g/mol. The summed E-state index contributed by atoms with van der Waals surface area (Å²) in [4.78, 5) is 0. The number of hydrogen-bond donors (Lipinski definition) is 1. The van der Waals surface area contributed by atoms with Crippen LogP contribution in [0, 0.1) is 23.3 Å². The topological polar surface area (TPSA) is 12.0 Å². The molecule has 0 aromatic heterocycles. The molecule has 1 nitrogen and oxygen atoms in total. The van der Waals surface area contributed by atoms with E-state index in [0.717, 1.165) is 0 Å². The van der Waals surface area contributed by atoms with Crippen LogP contribution in [0.15, 0.2) is 28.7 Å². The van der Waals surface area contributed by atoms with Crippen LogP contribution in [0.25, 0.3) is 0 Å². The number of hydrogen-bond acceptors (Lipinski definition) is 1. The fourth-order valence-electron chi connectivity index (χ4n) is 1.57. The molecule has 0 atom stereocenters. The molecule has 0 spiro atoms. The van der Waals surface area contributed by atoms with Crippen LogP contribution in [0.1, 0.15) is 5.56 Å². The molecule has 2 rings (SSSR count). The molecule has 2 aromatic rings. The quantitative estimate of drug-likeness (QED) is 0.575. The predicted molar refractivity (Wildman–Crippen MR) is 72.8 cm³/mol. The van der Waals surface area contributed by atoms with Crippen LogP contribution in [0.3, 0.4) is 0 Å². The molecule has 0 saturated carbocycles. The van der Waals surface area contributed by atoms with Gasteiger partial charge < -0.3 is 5.32 Å². The minimum atomic E-state index is -1.47. The van der Waals surface area contributed by atoms with E-state index >= 15 is 0 Å². The zero-order valence-electron chi connectivity index (χ0n) is 9.78. The molecule has 7 heteroatoms. The molecule has 2 aromatic carbocycles. The van der Waals surface area contributed by atoms with Crippen LogP contribution < -0.4 is 5.32 Å². The van der Waals surface area contributed by atoms with Gasteiger partial charge in [-0.2, -0.15) is 0 Å². The normalized spacial score (nSPS) is 10.7. The van der Waals surface area contributed by atoms with Crippen molar-refractivity contribution >= 4 is 33.2 Å². The van der Waals surface area contributed by atoms with Gasteiger partial charge in [0.15, 0.2) is 23.3 Å². The molecule has 20 heavy (non-hydrogen) atoms. The smallest absolute Gasteiger partial charge is 0.185 e. The summed E-state index contributed by atoms with van der Waals surface area (Å²) >= 11 is 9.06. The number of rotatable bonds is 3. The van der Waals surface area contributed by atoms with Crippen molar-refractivity contribution in [2.75, 3.05) is 5.32 Å². The first-order chi connectivity index (χ1) is 9.40. The Bertz CT molecular complexity index is 637. The highest BCUT2D eigenvalue weighted by Crippen LogP contribution is 2.26. The Hall–Kier alpha value is -1.27. The average molecular weight is 369 g/mol. The van der Waals surface area contributed by atoms with Crippen LogP contribution in [0.5, 0.6) is 0 Å². The molecule has 0 radical (unpaired) electrons. The predicted octanol–water partition coefficient (Wildman–Crippen LogP) is 5.27. The second-order valence-electron chi connectivity index (χ2n) is 3.95. The summed E-state index contributed by atoms with van der Waals surface area (Å²) in [6, 6.07) is 5.02. The van der Waals surface area contributed by atoms with E-state index in [1.165, 1.54) is 0 Å². The standard InChI is InChI=1S/C13H7BrClF4N/c14-7-2-1-6(3-8(7)15)5-20-13-11(18)9(16)4-10(17)12(13)19/h1-4,20H,5H2.